The van der Waals surface area contributed by atoms with Crippen LogP contribution in [0.15, 0.2) is 12.1 Å². The van der Waals surface area contributed by atoms with Crippen molar-refractivity contribution < 1.29 is 14.3 Å². The summed E-state index contributed by atoms with van der Waals surface area (Å²) < 4.78 is 4.74. The maximum Gasteiger partial charge on any atom is 0.328 e. The normalized spacial score (nSPS) is 12.2. The zero-order chi connectivity index (χ0) is 15.4. The Bertz CT molecular complexity index is 497. The molecule has 1 rings (SSSR count). The fraction of sp³-hybridized carbons (Fsp3) is 0.500. The average molecular weight is 277 g/mol. The van der Waals surface area contributed by atoms with Crippen molar-refractivity contribution in [1.82, 2.24) is 5.32 Å². The van der Waals surface area contributed by atoms with Gasteiger partial charge in [-0.25, -0.2) is 4.79 Å². The van der Waals surface area contributed by atoms with Gasteiger partial charge in [-0.05, 0) is 37.8 Å². The summed E-state index contributed by atoms with van der Waals surface area (Å²) in [6.45, 7) is 9.54. The number of methoxy groups -OCH3 is 1. The molecular weight excluding hydrogens is 254 g/mol. The van der Waals surface area contributed by atoms with E-state index in [9.17, 15) is 9.59 Å². The standard InChI is InChI=1S/C16H23NO3/c1-9(2)14(16(19)20-6)17-15(18)13-11(4)7-10(3)8-12(13)5/h7-9,14H,1-6H3,(H,17,18)/t14-/m1/s1. The molecule has 0 aliphatic rings. The smallest absolute Gasteiger partial charge is 0.328 e. The van der Waals surface area contributed by atoms with Crippen molar-refractivity contribution in [3.63, 3.8) is 0 Å². The molecule has 0 aliphatic carbocycles. The van der Waals surface area contributed by atoms with Gasteiger partial charge in [0.25, 0.3) is 5.91 Å². The van der Waals surface area contributed by atoms with Crippen molar-refractivity contribution in [3.8, 4) is 0 Å². The number of aryl methyl sites for hydroxylation is 3. The molecule has 0 saturated heterocycles. The molecule has 20 heavy (non-hydrogen) atoms. The van der Waals surface area contributed by atoms with Gasteiger partial charge in [-0.2, -0.15) is 0 Å². The molecule has 0 saturated carbocycles. The molecule has 4 nitrogen and oxygen atoms in total. The molecule has 1 amide bonds. The van der Waals surface area contributed by atoms with Crippen molar-refractivity contribution in [2.24, 2.45) is 5.92 Å². The first-order chi connectivity index (χ1) is 9.27. The van der Waals surface area contributed by atoms with E-state index >= 15 is 0 Å². The second-order valence-electron chi connectivity index (χ2n) is 5.49. The molecular formula is C16H23NO3. The highest BCUT2D eigenvalue weighted by Crippen LogP contribution is 2.17. The minimum Gasteiger partial charge on any atom is -0.467 e. The molecule has 4 heteroatoms. The van der Waals surface area contributed by atoms with Gasteiger partial charge in [0.2, 0.25) is 0 Å². The minimum atomic E-state index is -0.632. The zero-order valence-corrected chi connectivity index (χ0v) is 13.0. The molecule has 0 heterocycles. The number of carbonyl (C=O) groups excluding carboxylic acids is 2. The van der Waals surface area contributed by atoms with Crippen LogP contribution in [0.2, 0.25) is 0 Å². The quantitative estimate of drug-likeness (QED) is 0.860. The van der Waals surface area contributed by atoms with Crippen LogP contribution in [0.25, 0.3) is 0 Å². The largest absolute Gasteiger partial charge is 0.467 e. The molecule has 0 spiro atoms. The van der Waals surface area contributed by atoms with Gasteiger partial charge in [-0.3, -0.25) is 4.79 Å². The maximum absolute atomic E-state index is 12.4. The zero-order valence-electron chi connectivity index (χ0n) is 13.0. The van der Waals surface area contributed by atoms with Crippen LogP contribution >= 0.6 is 0 Å². The number of amides is 1. The molecule has 0 fully saturated rings. The molecule has 0 radical (unpaired) electrons. The summed E-state index contributed by atoms with van der Waals surface area (Å²) in [4.78, 5) is 24.1. The fourth-order valence-corrected chi connectivity index (χ4v) is 2.38. The Morgan fingerprint density at radius 2 is 1.60 bits per heavy atom. The molecule has 1 aromatic rings. The Hall–Kier alpha value is -1.84. The van der Waals surface area contributed by atoms with E-state index in [4.69, 9.17) is 4.74 Å². The number of rotatable bonds is 4. The Labute approximate surface area is 120 Å². The lowest BCUT2D eigenvalue weighted by Crippen LogP contribution is -2.45. The van der Waals surface area contributed by atoms with Crippen molar-refractivity contribution >= 4 is 11.9 Å². The highest BCUT2D eigenvalue weighted by atomic mass is 16.5. The van der Waals surface area contributed by atoms with Gasteiger partial charge in [-0.15, -0.1) is 0 Å². The lowest BCUT2D eigenvalue weighted by atomic mass is 9.98. The van der Waals surface area contributed by atoms with Crippen molar-refractivity contribution in [1.29, 1.82) is 0 Å². The SMILES string of the molecule is COC(=O)[C@H](NC(=O)c1c(C)cc(C)cc1C)C(C)C. The Balaban J connectivity index is 3.04. The van der Waals surface area contributed by atoms with E-state index in [2.05, 4.69) is 5.32 Å². The molecule has 0 unspecified atom stereocenters. The van der Waals surface area contributed by atoms with Gasteiger partial charge in [0.05, 0.1) is 7.11 Å². The Morgan fingerprint density at radius 3 is 2.00 bits per heavy atom. The Kier molecular flexibility index (Phi) is 5.31. The Morgan fingerprint density at radius 1 is 1.10 bits per heavy atom. The van der Waals surface area contributed by atoms with Gasteiger partial charge in [0.15, 0.2) is 0 Å². The van der Waals surface area contributed by atoms with E-state index in [1.807, 2.05) is 46.8 Å². The molecule has 1 N–H and O–H groups in total. The fourth-order valence-electron chi connectivity index (χ4n) is 2.38. The van der Waals surface area contributed by atoms with Crippen molar-refractivity contribution in [3.05, 3.63) is 34.4 Å². The molecule has 110 valence electrons. The second kappa shape index (κ2) is 6.55. The van der Waals surface area contributed by atoms with Crippen LogP contribution in [-0.4, -0.2) is 25.0 Å². The third kappa shape index (κ3) is 3.59. The van der Waals surface area contributed by atoms with Crippen molar-refractivity contribution in [2.75, 3.05) is 7.11 Å². The maximum atomic E-state index is 12.4. The molecule has 0 aromatic heterocycles. The number of benzene rings is 1. The summed E-state index contributed by atoms with van der Waals surface area (Å²) in [6.07, 6.45) is 0. The predicted molar refractivity (Wildman–Crippen MR) is 78.8 cm³/mol. The van der Waals surface area contributed by atoms with Crippen LogP contribution in [0.1, 0.15) is 40.9 Å². The highest BCUT2D eigenvalue weighted by Gasteiger charge is 2.26. The monoisotopic (exact) mass is 277 g/mol. The van der Waals surface area contributed by atoms with Crippen LogP contribution in [0.4, 0.5) is 0 Å². The van der Waals surface area contributed by atoms with Crippen LogP contribution in [0.3, 0.4) is 0 Å². The topological polar surface area (TPSA) is 55.4 Å². The number of ether oxygens (including phenoxy) is 1. The number of hydrogen-bond acceptors (Lipinski definition) is 3. The lowest BCUT2D eigenvalue weighted by molar-refractivity contribution is -0.144. The minimum absolute atomic E-state index is 0.0301. The first-order valence-electron chi connectivity index (χ1n) is 6.74. The summed E-state index contributed by atoms with van der Waals surface area (Å²) in [7, 11) is 1.33. The van der Waals surface area contributed by atoms with Gasteiger partial charge < -0.3 is 10.1 Å². The van der Waals surface area contributed by atoms with E-state index in [1.54, 1.807) is 0 Å². The van der Waals surface area contributed by atoms with Crippen molar-refractivity contribution in [2.45, 2.75) is 40.7 Å². The summed E-state index contributed by atoms with van der Waals surface area (Å²) >= 11 is 0. The third-order valence-electron chi connectivity index (χ3n) is 3.31. The van der Waals surface area contributed by atoms with Gasteiger partial charge in [0.1, 0.15) is 6.04 Å². The summed E-state index contributed by atoms with van der Waals surface area (Å²) in [6, 6.07) is 3.29. The summed E-state index contributed by atoms with van der Waals surface area (Å²) in [5.41, 5.74) is 3.56. The first-order valence-corrected chi connectivity index (χ1v) is 6.74. The molecule has 1 atom stereocenters. The van der Waals surface area contributed by atoms with Gasteiger partial charge in [0, 0.05) is 5.56 Å². The van der Waals surface area contributed by atoms with E-state index in [-0.39, 0.29) is 11.8 Å². The molecule has 0 aliphatic heterocycles. The summed E-state index contributed by atoms with van der Waals surface area (Å²) in [5.74, 6) is -0.683. The van der Waals surface area contributed by atoms with E-state index in [0.29, 0.717) is 5.56 Å². The van der Waals surface area contributed by atoms with Gasteiger partial charge >= 0.3 is 5.97 Å². The van der Waals surface area contributed by atoms with Gasteiger partial charge in [-0.1, -0.05) is 31.5 Å². The van der Waals surface area contributed by atoms with Crippen LogP contribution < -0.4 is 5.32 Å². The number of nitrogens with one attached hydrogen (secondary N) is 1. The lowest BCUT2D eigenvalue weighted by Gasteiger charge is -2.21. The van der Waals surface area contributed by atoms with E-state index < -0.39 is 12.0 Å². The number of esters is 1. The van der Waals surface area contributed by atoms with Crippen LogP contribution in [0.5, 0.6) is 0 Å². The van der Waals surface area contributed by atoms with E-state index in [0.717, 1.165) is 16.7 Å². The molecule has 0 bridgehead atoms. The molecule has 1 aromatic carbocycles. The average Bonchev–Trinajstić information content (AvgIpc) is 2.33. The number of carbonyl (C=O) groups is 2. The van der Waals surface area contributed by atoms with Crippen LogP contribution in [0, 0.1) is 26.7 Å². The second-order valence-corrected chi connectivity index (χ2v) is 5.49. The van der Waals surface area contributed by atoms with E-state index in [1.165, 1.54) is 7.11 Å². The number of hydrogen-bond donors (Lipinski definition) is 1. The van der Waals surface area contributed by atoms with Crippen LogP contribution in [-0.2, 0) is 9.53 Å². The first kappa shape index (κ1) is 16.2. The highest BCUT2D eigenvalue weighted by molar-refractivity contribution is 5.99. The third-order valence-corrected chi connectivity index (χ3v) is 3.31. The summed E-state index contributed by atoms with van der Waals surface area (Å²) in [5, 5.41) is 2.77. The predicted octanol–water partition coefficient (Wildman–Crippen LogP) is 2.54.